The third-order valence-electron chi connectivity index (χ3n) is 12.6. The molecule has 28 nitrogen and oxygen atoms in total. The van der Waals surface area contributed by atoms with Gasteiger partial charge in [0.1, 0.15) is 66.9 Å². The monoisotopic (exact) mass is 1040 g/mol. The number of nitrogens with one attached hydrogen (secondary N) is 8. The van der Waals surface area contributed by atoms with Crippen molar-refractivity contribution in [2.24, 2.45) is 22.6 Å². The van der Waals surface area contributed by atoms with Crippen molar-refractivity contribution in [2.45, 2.75) is 139 Å². The van der Waals surface area contributed by atoms with E-state index < -0.39 is 144 Å². The van der Waals surface area contributed by atoms with E-state index in [-0.39, 0.29) is 45.0 Å². The van der Waals surface area contributed by atoms with Gasteiger partial charge < -0.3 is 92.5 Å². The Bertz CT molecular complexity index is 2320. The molecule has 16 N–H and O–H groups in total. The van der Waals surface area contributed by atoms with Crippen LogP contribution >= 0.6 is 0 Å². The number of urea groups is 1. The molecule has 0 bridgehead atoms. The summed E-state index contributed by atoms with van der Waals surface area (Å²) in [6, 6.07) is 2.25. The van der Waals surface area contributed by atoms with Crippen molar-refractivity contribution >= 4 is 35.7 Å². The normalized spacial score (nSPS) is 26.4. The first-order valence-electron chi connectivity index (χ1n) is 23.8. The number of nitrogens with zero attached hydrogens (tertiary/aromatic N) is 2. The van der Waals surface area contributed by atoms with Gasteiger partial charge in [-0.25, -0.2) is 14.4 Å². The number of benzene rings is 1. The summed E-state index contributed by atoms with van der Waals surface area (Å²) in [7, 11) is 1.27. The van der Waals surface area contributed by atoms with Crippen LogP contribution in [-0.2, 0) is 44.7 Å². The predicted octanol–water partition coefficient (Wildman–Crippen LogP) is -5.06. The number of ether oxygens (including phenoxy) is 4. The van der Waals surface area contributed by atoms with Gasteiger partial charge in [-0.3, -0.25) is 33.7 Å². The maximum atomic E-state index is 14.0. The standard InChI is InChI=1S/C45H69N11O17/c1-20(2)26(40(64)65)54-44(68)55-27(23-12-16-50-43(46)51-23)38(63)53-28(30(58)21(3)4)37(62)49-15-9-14-48-29(41(66)67)34(35-32(60)33(61)39(72-35)56-17-13-25(57)52-45(56)69)73-42-36(70-5)31(59)24(71-42)19-47-18-22-10-7-6-8-11-22/h6-8,10-11,13,17,20-21,23-24,26-36,39,42,47-48,58-61H,9,12,14-16,18-19H2,1-5H3,(H,49,62)(H,53,63)(H,64,65)(H,66,67)(H3,46,50,51)(H,52,57,69)(H2,54,55,68)/t23?,24-,26?,27?,28?,29?,30?,31+,32+,33-,34-,35+,36-,39-,42?/m1/s1. The van der Waals surface area contributed by atoms with Crippen molar-refractivity contribution in [3.63, 3.8) is 0 Å². The zero-order valence-electron chi connectivity index (χ0n) is 41.0. The average molecular weight is 1040 g/mol. The van der Waals surface area contributed by atoms with Gasteiger partial charge in [-0.15, -0.1) is 0 Å². The van der Waals surface area contributed by atoms with Crippen LogP contribution in [0.4, 0.5) is 4.79 Å². The Morgan fingerprint density at radius 2 is 1.58 bits per heavy atom. The number of aliphatic hydroxyl groups is 4. The van der Waals surface area contributed by atoms with Gasteiger partial charge in [0.05, 0.1) is 12.1 Å². The van der Waals surface area contributed by atoms with E-state index in [0.29, 0.717) is 6.54 Å². The molecular weight excluding hydrogens is 967 g/mol. The minimum atomic E-state index is -1.92. The fourth-order valence-corrected chi connectivity index (χ4v) is 8.52. The number of aliphatic imine (C=N–C) groups is 1. The van der Waals surface area contributed by atoms with Crippen LogP contribution in [0.1, 0.15) is 52.3 Å². The molecule has 4 amide bonds. The molecule has 0 spiro atoms. The molecule has 4 heterocycles. The zero-order valence-corrected chi connectivity index (χ0v) is 41.0. The Kier molecular flexibility index (Phi) is 21.2. The van der Waals surface area contributed by atoms with Gasteiger partial charge in [-0.05, 0) is 36.8 Å². The molecular formula is C45H69N11O17. The number of carboxylic acid groups (broad SMARTS) is 2. The molecule has 0 aliphatic carbocycles. The van der Waals surface area contributed by atoms with Crippen molar-refractivity contribution in [1.82, 2.24) is 46.8 Å². The Labute approximate surface area is 418 Å². The van der Waals surface area contributed by atoms with Gasteiger partial charge in [-0.1, -0.05) is 58.0 Å². The number of methoxy groups -OCH3 is 1. The summed E-state index contributed by atoms with van der Waals surface area (Å²) in [5.41, 5.74) is 5.04. The van der Waals surface area contributed by atoms with E-state index in [1.807, 2.05) is 35.3 Å². The minimum absolute atomic E-state index is 0.0170. The maximum Gasteiger partial charge on any atom is 0.330 e. The van der Waals surface area contributed by atoms with E-state index in [2.05, 4.69) is 42.2 Å². The second-order valence-corrected chi connectivity index (χ2v) is 18.5. The number of aliphatic hydroxyl groups excluding tert-OH is 4. The van der Waals surface area contributed by atoms with E-state index in [1.165, 1.54) is 7.11 Å². The number of amides is 4. The highest BCUT2D eigenvalue weighted by Crippen LogP contribution is 2.35. The number of aromatic nitrogens is 2. The fraction of sp³-hybridized carbons (Fsp3) is 0.644. The van der Waals surface area contributed by atoms with Crippen molar-refractivity contribution in [3.8, 4) is 0 Å². The Hall–Kier alpha value is -6.08. The van der Waals surface area contributed by atoms with Gasteiger partial charge in [0.25, 0.3) is 5.56 Å². The smallest absolute Gasteiger partial charge is 0.330 e. The molecule has 15 atom stereocenters. The van der Waals surface area contributed by atoms with Crippen molar-refractivity contribution in [3.05, 3.63) is 69.0 Å². The highest BCUT2D eigenvalue weighted by atomic mass is 16.7. The van der Waals surface area contributed by atoms with Crippen LogP contribution < -0.4 is 54.2 Å². The van der Waals surface area contributed by atoms with Crippen LogP contribution in [0.15, 0.2) is 57.2 Å². The number of guanidine groups is 1. The number of hydrogen-bond acceptors (Lipinski definition) is 20. The van der Waals surface area contributed by atoms with E-state index in [0.717, 1.165) is 22.4 Å². The van der Waals surface area contributed by atoms with Gasteiger partial charge in [0.15, 0.2) is 18.5 Å². The van der Waals surface area contributed by atoms with Gasteiger partial charge in [0.2, 0.25) is 11.8 Å². The number of nitrogens with two attached hydrogens (primary N) is 1. The Morgan fingerprint density at radius 3 is 2.19 bits per heavy atom. The van der Waals surface area contributed by atoms with Crippen LogP contribution in [-0.4, -0.2) is 195 Å². The number of H-pyrrole nitrogens is 1. The summed E-state index contributed by atoms with van der Waals surface area (Å²) >= 11 is 0. The first-order valence-corrected chi connectivity index (χ1v) is 23.8. The summed E-state index contributed by atoms with van der Waals surface area (Å²) in [6.07, 6.45) is -14.2. The first-order chi connectivity index (χ1) is 34.6. The molecule has 0 radical (unpaired) electrons. The summed E-state index contributed by atoms with van der Waals surface area (Å²) in [5.74, 6) is -5.84. The molecule has 406 valence electrons. The van der Waals surface area contributed by atoms with Gasteiger partial charge in [-0.2, -0.15) is 0 Å². The summed E-state index contributed by atoms with van der Waals surface area (Å²) < 4.78 is 24.6. The maximum absolute atomic E-state index is 14.0. The lowest BCUT2D eigenvalue weighted by Gasteiger charge is -2.34. The van der Waals surface area contributed by atoms with Crippen molar-refractivity contribution < 1.29 is 73.6 Å². The second-order valence-electron chi connectivity index (χ2n) is 18.5. The molecule has 7 unspecified atom stereocenters. The predicted molar refractivity (Wildman–Crippen MR) is 255 cm³/mol. The number of carbonyl (C=O) groups is 5. The first kappa shape index (κ1) is 57.8. The van der Waals surface area contributed by atoms with Crippen LogP contribution in [0.25, 0.3) is 0 Å². The fourth-order valence-electron chi connectivity index (χ4n) is 8.52. The topological polar surface area (TPSA) is 421 Å². The van der Waals surface area contributed by atoms with E-state index >= 15 is 0 Å². The minimum Gasteiger partial charge on any atom is -0.480 e. The average Bonchev–Trinajstić information content (AvgIpc) is 3.80. The molecule has 2 saturated heterocycles. The van der Waals surface area contributed by atoms with Crippen LogP contribution in [0.3, 0.4) is 0 Å². The lowest BCUT2D eigenvalue weighted by atomic mass is 9.97. The quantitative estimate of drug-likeness (QED) is 0.0392. The molecule has 28 heteroatoms. The van der Waals surface area contributed by atoms with E-state index in [9.17, 15) is 64.2 Å². The van der Waals surface area contributed by atoms with Crippen molar-refractivity contribution in [1.29, 1.82) is 0 Å². The molecule has 2 aromatic rings. The number of aromatic amines is 1. The lowest BCUT2D eigenvalue weighted by molar-refractivity contribution is -0.231. The van der Waals surface area contributed by atoms with E-state index in [4.69, 9.17) is 24.7 Å². The van der Waals surface area contributed by atoms with Crippen LogP contribution in [0.5, 0.6) is 0 Å². The van der Waals surface area contributed by atoms with Crippen LogP contribution in [0.2, 0.25) is 0 Å². The molecule has 73 heavy (non-hydrogen) atoms. The number of aliphatic carboxylic acids is 2. The van der Waals surface area contributed by atoms with Crippen LogP contribution in [0, 0.1) is 11.8 Å². The summed E-state index contributed by atoms with van der Waals surface area (Å²) in [5, 5.41) is 84.0. The molecule has 1 aromatic heterocycles. The van der Waals surface area contributed by atoms with E-state index in [1.54, 1.807) is 27.7 Å². The van der Waals surface area contributed by atoms with Crippen molar-refractivity contribution in [2.75, 3.05) is 33.3 Å². The number of rotatable bonds is 26. The second kappa shape index (κ2) is 26.7. The largest absolute Gasteiger partial charge is 0.480 e. The van der Waals surface area contributed by atoms with Gasteiger partial charge in [0, 0.05) is 45.6 Å². The Balaban J connectivity index is 1.30. The number of carboxylic acids is 2. The summed E-state index contributed by atoms with van der Waals surface area (Å²) in [6.45, 7) is 6.60. The molecule has 3 aliphatic heterocycles. The SMILES string of the molecule is CO[C@H]1C(O[C@H](C(NCCCNC(=O)C(NC(=O)C(NC(=O)NC(C(=O)O)C(C)C)C2CCN=C(N)N2)C(O)C(C)C)C(=O)O)[C@H]2O[C@@H](n3ccc(=O)[nH]c3=O)[C@H](O)[C@@H]2O)O[C@H](CNCc2ccccc2)[C@@H]1O. The zero-order chi connectivity index (χ0) is 53.7. The molecule has 5 rings (SSSR count). The third-order valence-corrected chi connectivity index (χ3v) is 12.6. The third kappa shape index (κ3) is 15.2. The van der Waals surface area contributed by atoms with Gasteiger partial charge >= 0.3 is 23.7 Å². The molecule has 1 aromatic carbocycles. The highest BCUT2D eigenvalue weighted by molar-refractivity contribution is 5.94. The Morgan fingerprint density at radius 1 is 0.877 bits per heavy atom. The molecule has 0 saturated carbocycles. The number of carbonyl (C=O) groups excluding carboxylic acids is 3. The molecule has 2 fully saturated rings. The lowest BCUT2D eigenvalue weighted by Crippen LogP contribution is -2.66. The molecule has 3 aliphatic rings. The number of hydrogen-bond donors (Lipinski definition) is 15. The highest BCUT2D eigenvalue weighted by Gasteiger charge is 2.54. The summed E-state index contributed by atoms with van der Waals surface area (Å²) in [4.78, 5) is 96.4.